The van der Waals surface area contributed by atoms with Gasteiger partial charge in [-0.05, 0) is 19.4 Å². The van der Waals surface area contributed by atoms with Gasteiger partial charge < -0.3 is 4.74 Å². The fourth-order valence-electron chi connectivity index (χ4n) is 2.88. The van der Waals surface area contributed by atoms with E-state index in [9.17, 15) is 9.59 Å². The standard InChI is InChI=1S/C16H20O3/c1-4-19-15(18)14-9-13(17)10-16(14,3)12-7-5-11(2)6-8-12/h5-8,14H,4,9-10H2,1-3H3/t14-,16-/m1/s1. The third kappa shape index (κ3) is 2.55. The maximum Gasteiger partial charge on any atom is 0.310 e. The van der Waals surface area contributed by atoms with E-state index in [0.717, 1.165) is 5.56 Å². The lowest BCUT2D eigenvalue weighted by Gasteiger charge is -2.30. The molecule has 1 aromatic carbocycles. The van der Waals surface area contributed by atoms with Crippen molar-refractivity contribution in [1.82, 2.24) is 0 Å². The van der Waals surface area contributed by atoms with E-state index >= 15 is 0 Å². The smallest absolute Gasteiger partial charge is 0.310 e. The molecule has 19 heavy (non-hydrogen) atoms. The van der Waals surface area contributed by atoms with Gasteiger partial charge in [0, 0.05) is 18.3 Å². The Kier molecular flexibility index (Phi) is 3.74. The second-order valence-corrected chi connectivity index (χ2v) is 5.51. The van der Waals surface area contributed by atoms with Crippen molar-refractivity contribution in [3.8, 4) is 0 Å². The van der Waals surface area contributed by atoms with Crippen molar-refractivity contribution in [2.24, 2.45) is 5.92 Å². The van der Waals surface area contributed by atoms with Gasteiger partial charge in [-0.1, -0.05) is 36.8 Å². The molecule has 1 saturated carbocycles. The Morgan fingerprint density at radius 3 is 2.58 bits per heavy atom. The van der Waals surface area contributed by atoms with Gasteiger partial charge in [0.15, 0.2) is 0 Å². The summed E-state index contributed by atoms with van der Waals surface area (Å²) < 4.78 is 5.12. The molecule has 0 N–H and O–H groups in total. The van der Waals surface area contributed by atoms with Gasteiger partial charge in [0.05, 0.1) is 12.5 Å². The summed E-state index contributed by atoms with van der Waals surface area (Å²) in [6.07, 6.45) is 0.711. The first-order valence-electron chi connectivity index (χ1n) is 6.73. The number of hydrogen-bond acceptors (Lipinski definition) is 3. The third-order valence-corrected chi connectivity index (χ3v) is 4.05. The minimum Gasteiger partial charge on any atom is -0.466 e. The van der Waals surface area contributed by atoms with E-state index in [2.05, 4.69) is 0 Å². The molecule has 3 nitrogen and oxygen atoms in total. The van der Waals surface area contributed by atoms with Crippen LogP contribution in [0.25, 0.3) is 0 Å². The van der Waals surface area contributed by atoms with Crippen molar-refractivity contribution in [2.75, 3.05) is 6.61 Å². The molecule has 2 rings (SSSR count). The monoisotopic (exact) mass is 260 g/mol. The van der Waals surface area contributed by atoms with Crippen molar-refractivity contribution in [1.29, 1.82) is 0 Å². The summed E-state index contributed by atoms with van der Waals surface area (Å²) >= 11 is 0. The highest BCUT2D eigenvalue weighted by molar-refractivity contribution is 5.91. The number of rotatable bonds is 3. The van der Waals surface area contributed by atoms with Crippen LogP contribution in [-0.2, 0) is 19.7 Å². The predicted octanol–water partition coefficient (Wildman–Crippen LogP) is 2.79. The highest BCUT2D eigenvalue weighted by Gasteiger charge is 2.49. The number of ether oxygens (including phenoxy) is 1. The Bertz CT molecular complexity index is 489. The number of benzene rings is 1. The summed E-state index contributed by atoms with van der Waals surface area (Å²) in [6.45, 7) is 6.16. The SMILES string of the molecule is CCOC(=O)[C@H]1CC(=O)C[C@]1(C)c1ccc(C)cc1. The van der Waals surface area contributed by atoms with Gasteiger partial charge in [-0.25, -0.2) is 0 Å². The zero-order valence-corrected chi connectivity index (χ0v) is 11.7. The molecule has 0 aromatic heterocycles. The molecule has 0 amide bonds. The third-order valence-electron chi connectivity index (χ3n) is 4.05. The Labute approximate surface area is 114 Å². The highest BCUT2D eigenvalue weighted by Crippen LogP contribution is 2.44. The molecule has 0 bridgehead atoms. The lowest BCUT2D eigenvalue weighted by Crippen LogP contribution is -2.33. The average molecular weight is 260 g/mol. The van der Waals surface area contributed by atoms with Crippen LogP contribution < -0.4 is 0 Å². The number of Topliss-reactive ketones (excluding diaryl/α,β-unsaturated/α-hetero) is 1. The van der Waals surface area contributed by atoms with Gasteiger partial charge in [0.2, 0.25) is 0 Å². The van der Waals surface area contributed by atoms with Crippen molar-refractivity contribution in [3.05, 3.63) is 35.4 Å². The van der Waals surface area contributed by atoms with Gasteiger partial charge in [-0.3, -0.25) is 9.59 Å². The fourth-order valence-corrected chi connectivity index (χ4v) is 2.88. The zero-order valence-electron chi connectivity index (χ0n) is 11.7. The maximum atomic E-state index is 12.1. The minimum atomic E-state index is -0.433. The van der Waals surface area contributed by atoms with E-state index in [1.807, 2.05) is 38.1 Å². The summed E-state index contributed by atoms with van der Waals surface area (Å²) in [5.74, 6) is -0.472. The van der Waals surface area contributed by atoms with Crippen LogP contribution in [0.2, 0.25) is 0 Å². The minimum absolute atomic E-state index is 0.140. The number of hydrogen-bond donors (Lipinski definition) is 0. The normalized spacial score (nSPS) is 26.5. The number of carbonyl (C=O) groups is 2. The van der Waals surface area contributed by atoms with Gasteiger partial charge in [-0.15, -0.1) is 0 Å². The summed E-state index contributed by atoms with van der Waals surface area (Å²) in [7, 11) is 0. The summed E-state index contributed by atoms with van der Waals surface area (Å²) in [6, 6.07) is 8.07. The van der Waals surface area contributed by atoms with Crippen molar-refractivity contribution in [3.63, 3.8) is 0 Å². The number of carbonyl (C=O) groups excluding carboxylic acids is 2. The largest absolute Gasteiger partial charge is 0.466 e. The van der Waals surface area contributed by atoms with Crippen LogP contribution in [-0.4, -0.2) is 18.4 Å². The highest BCUT2D eigenvalue weighted by atomic mass is 16.5. The van der Waals surface area contributed by atoms with Gasteiger partial charge >= 0.3 is 5.97 Å². The molecular weight excluding hydrogens is 240 g/mol. The molecule has 1 aliphatic carbocycles. The molecule has 1 fully saturated rings. The maximum absolute atomic E-state index is 12.1. The van der Waals surface area contributed by atoms with E-state index in [1.54, 1.807) is 6.92 Å². The molecule has 0 radical (unpaired) electrons. The molecule has 0 saturated heterocycles. The van der Waals surface area contributed by atoms with Crippen LogP contribution in [0.15, 0.2) is 24.3 Å². The summed E-state index contributed by atoms with van der Waals surface area (Å²) in [5, 5.41) is 0. The lowest BCUT2D eigenvalue weighted by molar-refractivity contribution is -0.150. The van der Waals surface area contributed by atoms with Crippen LogP contribution >= 0.6 is 0 Å². The molecule has 3 heteroatoms. The molecule has 0 heterocycles. The molecular formula is C16H20O3. The molecule has 102 valence electrons. The van der Waals surface area contributed by atoms with E-state index in [0.29, 0.717) is 19.4 Å². The Morgan fingerprint density at radius 1 is 1.37 bits per heavy atom. The predicted molar refractivity (Wildman–Crippen MR) is 72.9 cm³/mol. The zero-order chi connectivity index (χ0) is 14.0. The van der Waals surface area contributed by atoms with E-state index in [4.69, 9.17) is 4.74 Å². The van der Waals surface area contributed by atoms with E-state index in [-0.39, 0.29) is 17.7 Å². The average Bonchev–Trinajstić information content (AvgIpc) is 2.67. The molecule has 0 aliphatic heterocycles. The number of esters is 1. The lowest BCUT2D eigenvalue weighted by atomic mass is 9.74. The molecule has 1 aromatic rings. The topological polar surface area (TPSA) is 43.4 Å². The second-order valence-electron chi connectivity index (χ2n) is 5.51. The molecule has 2 atom stereocenters. The van der Waals surface area contributed by atoms with E-state index in [1.165, 1.54) is 5.56 Å². The van der Waals surface area contributed by atoms with Crippen molar-refractivity contribution >= 4 is 11.8 Å². The Hall–Kier alpha value is -1.64. The first-order valence-corrected chi connectivity index (χ1v) is 6.73. The van der Waals surface area contributed by atoms with Gasteiger partial charge in [0.25, 0.3) is 0 Å². The second kappa shape index (κ2) is 5.16. The van der Waals surface area contributed by atoms with Crippen LogP contribution in [0, 0.1) is 12.8 Å². The Balaban J connectivity index is 2.35. The quantitative estimate of drug-likeness (QED) is 0.785. The van der Waals surface area contributed by atoms with Crippen LogP contribution in [0.5, 0.6) is 0 Å². The van der Waals surface area contributed by atoms with Crippen LogP contribution in [0.4, 0.5) is 0 Å². The van der Waals surface area contributed by atoms with Crippen molar-refractivity contribution in [2.45, 2.75) is 39.0 Å². The van der Waals surface area contributed by atoms with E-state index < -0.39 is 5.41 Å². The van der Waals surface area contributed by atoms with Crippen molar-refractivity contribution < 1.29 is 14.3 Å². The number of ketones is 1. The van der Waals surface area contributed by atoms with Crippen LogP contribution in [0.3, 0.4) is 0 Å². The van der Waals surface area contributed by atoms with Gasteiger partial charge in [-0.2, -0.15) is 0 Å². The summed E-state index contributed by atoms with van der Waals surface area (Å²) in [4.78, 5) is 23.9. The fraction of sp³-hybridized carbons (Fsp3) is 0.500. The first-order chi connectivity index (χ1) is 8.97. The first kappa shape index (κ1) is 13.8. The molecule has 0 unspecified atom stereocenters. The Morgan fingerprint density at radius 2 is 2.00 bits per heavy atom. The van der Waals surface area contributed by atoms with Crippen LogP contribution in [0.1, 0.15) is 37.8 Å². The summed E-state index contributed by atoms with van der Waals surface area (Å²) in [5.41, 5.74) is 1.78. The molecule has 1 aliphatic rings. The van der Waals surface area contributed by atoms with Gasteiger partial charge in [0.1, 0.15) is 5.78 Å². The number of aryl methyl sites for hydroxylation is 1. The molecule has 0 spiro atoms.